The van der Waals surface area contributed by atoms with Crippen LogP contribution in [0.15, 0.2) is 72.8 Å². The molecule has 26 heavy (non-hydrogen) atoms. The van der Waals surface area contributed by atoms with Crippen LogP contribution in [0.4, 0.5) is 0 Å². The number of benzene rings is 3. The Labute approximate surface area is 151 Å². The number of hydrogen-bond donors (Lipinski definition) is 1. The van der Waals surface area contributed by atoms with Gasteiger partial charge in [-0.25, -0.2) is 0 Å². The second kappa shape index (κ2) is 5.85. The molecule has 2 heterocycles. The summed E-state index contributed by atoms with van der Waals surface area (Å²) in [5.74, 6) is -0.0220. The zero-order valence-corrected chi connectivity index (χ0v) is 14.1. The maximum Gasteiger partial charge on any atom is 0.272 e. The highest BCUT2D eigenvalue weighted by molar-refractivity contribution is 5.96. The lowest BCUT2D eigenvalue weighted by molar-refractivity contribution is 0.0720. The Kier molecular flexibility index (Phi) is 3.35. The standard InChI is InChI=1S/C22H17N3O/c26-22(20-12-19(23-24-20)15-6-2-1-3-7-15)25-13-17-10-4-8-16-9-5-11-18(14-25)21(16)17/h1-12H,13-14H2,(H,23,24). The molecule has 1 aliphatic rings. The Morgan fingerprint density at radius 2 is 1.58 bits per heavy atom. The SMILES string of the molecule is O=C(c1cc(-c2ccccc2)n[nH]1)N1Cc2cccc3cccc(c23)C1. The minimum atomic E-state index is -0.0220. The summed E-state index contributed by atoms with van der Waals surface area (Å²) in [6.45, 7) is 1.24. The summed E-state index contributed by atoms with van der Waals surface area (Å²) >= 11 is 0. The predicted molar refractivity (Wildman–Crippen MR) is 102 cm³/mol. The van der Waals surface area contributed by atoms with Crippen LogP contribution >= 0.6 is 0 Å². The first-order valence-corrected chi connectivity index (χ1v) is 8.69. The Bertz CT molecular complexity index is 1070. The fraction of sp³-hybridized carbons (Fsp3) is 0.0909. The van der Waals surface area contributed by atoms with E-state index in [0.29, 0.717) is 18.8 Å². The molecule has 1 aromatic heterocycles. The predicted octanol–water partition coefficient (Wildman–Crippen LogP) is 4.39. The van der Waals surface area contributed by atoms with Crippen molar-refractivity contribution < 1.29 is 4.79 Å². The van der Waals surface area contributed by atoms with Crippen molar-refractivity contribution >= 4 is 16.7 Å². The average Bonchev–Trinajstić information content (AvgIpc) is 3.19. The molecule has 5 rings (SSSR count). The van der Waals surface area contributed by atoms with E-state index in [4.69, 9.17) is 0 Å². The van der Waals surface area contributed by atoms with Crippen molar-refractivity contribution in [1.82, 2.24) is 15.1 Å². The van der Waals surface area contributed by atoms with Gasteiger partial charge in [0.2, 0.25) is 0 Å². The van der Waals surface area contributed by atoms with Crippen molar-refractivity contribution in [1.29, 1.82) is 0 Å². The van der Waals surface area contributed by atoms with E-state index in [9.17, 15) is 4.79 Å². The first-order chi connectivity index (χ1) is 12.8. The van der Waals surface area contributed by atoms with E-state index in [1.54, 1.807) is 0 Å². The summed E-state index contributed by atoms with van der Waals surface area (Å²) in [6, 6.07) is 24.3. The van der Waals surface area contributed by atoms with Crippen LogP contribution in [0, 0.1) is 0 Å². The lowest BCUT2D eigenvalue weighted by Gasteiger charge is -2.28. The molecule has 1 amide bonds. The van der Waals surface area contributed by atoms with Crippen LogP contribution < -0.4 is 0 Å². The third-order valence-corrected chi connectivity index (χ3v) is 4.96. The minimum absolute atomic E-state index is 0.0220. The summed E-state index contributed by atoms with van der Waals surface area (Å²) in [6.07, 6.45) is 0. The molecular formula is C22H17N3O. The summed E-state index contributed by atoms with van der Waals surface area (Å²) in [5.41, 5.74) is 4.70. The van der Waals surface area contributed by atoms with E-state index >= 15 is 0 Å². The van der Waals surface area contributed by atoms with Crippen LogP contribution in [0.1, 0.15) is 21.6 Å². The topological polar surface area (TPSA) is 49.0 Å². The summed E-state index contributed by atoms with van der Waals surface area (Å²) < 4.78 is 0. The maximum atomic E-state index is 13.0. The van der Waals surface area contributed by atoms with Gasteiger partial charge in [-0.1, -0.05) is 66.7 Å². The Morgan fingerprint density at radius 1 is 0.885 bits per heavy atom. The molecular weight excluding hydrogens is 322 g/mol. The number of carbonyl (C=O) groups is 1. The summed E-state index contributed by atoms with van der Waals surface area (Å²) in [4.78, 5) is 14.9. The highest BCUT2D eigenvalue weighted by Gasteiger charge is 2.24. The van der Waals surface area contributed by atoms with Gasteiger partial charge in [0.15, 0.2) is 0 Å². The second-order valence-electron chi connectivity index (χ2n) is 6.63. The fourth-order valence-electron chi connectivity index (χ4n) is 3.73. The molecule has 0 saturated heterocycles. The second-order valence-corrected chi connectivity index (χ2v) is 6.63. The van der Waals surface area contributed by atoms with Crippen LogP contribution in [0.2, 0.25) is 0 Å². The molecule has 0 unspecified atom stereocenters. The molecule has 4 nitrogen and oxygen atoms in total. The number of nitrogens with one attached hydrogen (secondary N) is 1. The lowest BCUT2D eigenvalue weighted by atomic mass is 9.95. The molecule has 1 N–H and O–H groups in total. The quantitative estimate of drug-likeness (QED) is 0.589. The van der Waals surface area contributed by atoms with Gasteiger partial charge in [0.1, 0.15) is 5.69 Å². The molecule has 0 aliphatic carbocycles. The van der Waals surface area contributed by atoms with Gasteiger partial charge in [-0.3, -0.25) is 9.89 Å². The normalized spacial score (nSPS) is 13.2. The monoisotopic (exact) mass is 339 g/mol. The molecule has 4 aromatic rings. The van der Waals surface area contributed by atoms with E-state index in [2.05, 4.69) is 46.6 Å². The molecule has 3 aromatic carbocycles. The van der Waals surface area contributed by atoms with Crippen molar-refractivity contribution in [2.75, 3.05) is 0 Å². The van der Waals surface area contributed by atoms with E-state index in [-0.39, 0.29) is 5.91 Å². The third-order valence-electron chi connectivity index (χ3n) is 4.96. The number of carbonyl (C=O) groups excluding carboxylic acids is 1. The molecule has 0 saturated carbocycles. The van der Waals surface area contributed by atoms with Gasteiger partial charge in [0, 0.05) is 18.7 Å². The summed E-state index contributed by atoms with van der Waals surface area (Å²) in [5, 5.41) is 9.74. The molecule has 0 atom stereocenters. The lowest BCUT2D eigenvalue weighted by Crippen LogP contribution is -2.32. The molecule has 4 heteroatoms. The highest BCUT2D eigenvalue weighted by atomic mass is 16.2. The Balaban J connectivity index is 1.46. The number of H-pyrrole nitrogens is 1. The molecule has 126 valence electrons. The average molecular weight is 339 g/mol. The van der Waals surface area contributed by atoms with Gasteiger partial charge in [-0.15, -0.1) is 0 Å². The Morgan fingerprint density at radius 3 is 2.27 bits per heavy atom. The van der Waals surface area contributed by atoms with Gasteiger partial charge >= 0.3 is 0 Å². The highest BCUT2D eigenvalue weighted by Crippen LogP contribution is 2.30. The van der Waals surface area contributed by atoms with Crippen LogP contribution in [-0.4, -0.2) is 21.0 Å². The van der Waals surface area contributed by atoms with Crippen LogP contribution in [0.5, 0.6) is 0 Å². The summed E-state index contributed by atoms with van der Waals surface area (Å²) in [7, 11) is 0. The Hall–Kier alpha value is -3.40. The molecule has 0 fully saturated rings. The number of nitrogens with zero attached hydrogens (tertiary/aromatic N) is 2. The third kappa shape index (κ3) is 2.39. The van der Waals surface area contributed by atoms with Gasteiger partial charge in [-0.2, -0.15) is 5.10 Å². The smallest absolute Gasteiger partial charge is 0.272 e. The zero-order chi connectivity index (χ0) is 17.5. The van der Waals surface area contributed by atoms with Gasteiger partial charge < -0.3 is 4.90 Å². The van der Waals surface area contributed by atoms with Gasteiger partial charge in [0.05, 0.1) is 5.69 Å². The number of aromatic amines is 1. The minimum Gasteiger partial charge on any atom is -0.329 e. The van der Waals surface area contributed by atoms with Crippen molar-refractivity contribution in [2.45, 2.75) is 13.1 Å². The maximum absolute atomic E-state index is 13.0. The van der Waals surface area contributed by atoms with E-state index in [0.717, 1.165) is 11.3 Å². The van der Waals surface area contributed by atoms with Crippen molar-refractivity contribution in [2.24, 2.45) is 0 Å². The van der Waals surface area contributed by atoms with Crippen molar-refractivity contribution in [3.05, 3.63) is 89.6 Å². The van der Waals surface area contributed by atoms with Crippen LogP contribution in [0.25, 0.3) is 22.0 Å². The fourth-order valence-corrected chi connectivity index (χ4v) is 3.73. The molecule has 0 bridgehead atoms. The first-order valence-electron chi connectivity index (χ1n) is 8.69. The van der Waals surface area contributed by atoms with Crippen molar-refractivity contribution in [3.8, 4) is 11.3 Å². The molecule has 0 spiro atoms. The number of rotatable bonds is 2. The molecule has 0 radical (unpaired) electrons. The van der Waals surface area contributed by atoms with Gasteiger partial charge in [0.25, 0.3) is 5.91 Å². The van der Waals surface area contributed by atoms with Crippen LogP contribution in [0.3, 0.4) is 0 Å². The van der Waals surface area contributed by atoms with E-state index < -0.39 is 0 Å². The zero-order valence-electron chi connectivity index (χ0n) is 14.1. The van der Waals surface area contributed by atoms with E-state index in [1.807, 2.05) is 41.3 Å². The number of aromatic nitrogens is 2. The first kappa shape index (κ1) is 14.9. The largest absolute Gasteiger partial charge is 0.329 e. The van der Waals surface area contributed by atoms with Crippen LogP contribution in [-0.2, 0) is 13.1 Å². The molecule has 1 aliphatic heterocycles. The number of amides is 1. The van der Waals surface area contributed by atoms with Crippen molar-refractivity contribution in [3.63, 3.8) is 0 Å². The van der Waals surface area contributed by atoms with E-state index in [1.165, 1.54) is 21.9 Å². The van der Waals surface area contributed by atoms with Gasteiger partial charge in [-0.05, 0) is 28.0 Å². The number of hydrogen-bond acceptors (Lipinski definition) is 2.